The number of anilines is 1. The van der Waals surface area contributed by atoms with E-state index in [1.54, 1.807) is 7.05 Å². The molecule has 0 spiro atoms. The minimum absolute atomic E-state index is 0.119. The Labute approximate surface area is 114 Å². The van der Waals surface area contributed by atoms with Crippen molar-refractivity contribution in [3.8, 4) is 0 Å². The first-order chi connectivity index (χ1) is 9.40. The average molecular weight is 280 g/mol. The SMILES string of the molecule is Cc1cc(C(=O)NCc2cnn(C)c2N)c(F)cc1F. The maximum Gasteiger partial charge on any atom is 0.254 e. The number of benzene rings is 1. The summed E-state index contributed by atoms with van der Waals surface area (Å²) in [5, 5.41) is 6.45. The Morgan fingerprint density at radius 2 is 2.10 bits per heavy atom. The molecule has 0 fully saturated rings. The molecule has 1 aromatic carbocycles. The summed E-state index contributed by atoms with van der Waals surface area (Å²) in [4.78, 5) is 11.9. The molecule has 7 heteroatoms. The van der Waals surface area contributed by atoms with Crippen molar-refractivity contribution in [2.24, 2.45) is 7.05 Å². The Hall–Kier alpha value is -2.44. The third-order valence-corrected chi connectivity index (χ3v) is 3.00. The second-order valence-corrected chi connectivity index (χ2v) is 4.44. The summed E-state index contributed by atoms with van der Waals surface area (Å²) in [6.07, 6.45) is 1.52. The van der Waals surface area contributed by atoms with Gasteiger partial charge in [-0.2, -0.15) is 5.10 Å². The number of aromatic nitrogens is 2. The van der Waals surface area contributed by atoms with E-state index in [9.17, 15) is 13.6 Å². The fourth-order valence-electron chi connectivity index (χ4n) is 1.73. The third-order valence-electron chi connectivity index (χ3n) is 3.00. The van der Waals surface area contributed by atoms with Crippen molar-refractivity contribution in [2.75, 3.05) is 5.73 Å². The lowest BCUT2D eigenvalue weighted by atomic mass is 10.1. The number of carbonyl (C=O) groups excluding carboxylic acids is 1. The van der Waals surface area contributed by atoms with Crippen LogP contribution in [0.1, 0.15) is 21.5 Å². The van der Waals surface area contributed by atoms with Gasteiger partial charge in [0.15, 0.2) is 0 Å². The minimum atomic E-state index is -0.898. The Morgan fingerprint density at radius 1 is 1.40 bits per heavy atom. The van der Waals surface area contributed by atoms with E-state index in [0.29, 0.717) is 17.4 Å². The second-order valence-electron chi connectivity index (χ2n) is 4.44. The number of halogens is 2. The molecule has 0 unspecified atom stereocenters. The summed E-state index contributed by atoms with van der Waals surface area (Å²) in [7, 11) is 1.67. The Balaban J connectivity index is 2.13. The molecule has 1 aromatic heterocycles. The van der Waals surface area contributed by atoms with Gasteiger partial charge in [-0.05, 0) is 18.6 Å². The molecular formula is C13H14F2N4O. The Morgan fingerprint density at radius 3 is 2.70 bits per heavy atom. The molecule has 0 atom stereocenters. The topological polar surface area (TPSA) is 72.9 Å². The van der Waals surface area contributed by atoms with E-state index in [-0.39, 0.29) is 17.7 Å². The van der Waals surface area contributed by atoms with Crippen LogP contribution in [-0.2, 0) is 13.6 Å². The first-order valence-corrected chi connectivity index (χ1v) is 5.90. The standard InChI is InChI=1S/C13H14F2N4O/c1-7-3-9(11(15)4-10(7)14)13(20)17-5-8-6-18-19(2)12(8)16/h3-4,6H,5,16H2,1-2H3,(H,17,20). The number of carbonyl (C=O) groups is 1. The van der Waals surface area contributed by atoms with Crippen LogP contribution in [0.5, 0.6) is 0 Å². The monoisotopic (exact) mass is 280 g/mol. The van der Waals surface area contributed by atoms with Crippen LogP contribution >= 0.6 is 0 Å². The van der Waals surface area contributed by atoms with E-state index < -0.39 is 17.5 Å². The van der Waals surface area contributed by atoms with Gasteiger partial charge in [0.1, 0.15) is 17.5 Å². The highest BCUT2D eigenvalue weighted by molar-refractivity contribution is 5.94. The summed E-state index contributed by atoms with van der Waals surface area (Å²) in [6, 6.07) is 1.87. The number of nitrogens with two attached hydrogens (primary N) is 1. The van der Waals surface area contributed by atoms with Gasteiger partial charge in [-0.3, -0.25) is 9.48 Å². The van der Waals surface area contributed by atoms with Crippen molar-refractivity contribution in [3.05, 3.63) is 46.7 Å². The van der Waals surface area contributed by atoms with Crippen LogP contribution in [0, 0.1) is 18.6 Å². The van der Waals surface area contributed by atoms with Gasteiger partial charge in [0, 0.05) is 25.2 Å². The highest BCUT2D eigenvalue weighted by Crippen LogP contribution is 2.15. The van der Waals surface area contributed by atoms with Crippen LogP contribution in [0.3, 0.4) is 0 Å². The fraction of sp³-hybridized carbons (Fsp3) is 0.231. The lowest BCUT2D eigenvalue weighted by Gasteiger charge is -2.07. The van der Waals surface area contributed by atoms with E-state index in [1.165, 1.54) is 23.9 Å². The van der Waals surface area contributed by atoms with Crippen molar-refractivity contribution in [2.45, 2.75) is 13.5 Å². The average Bonchev–Trinajstić information content (AvgIpc) is 2.71. The number of rotatable bonds is 3. The predicted molar refractivity (Wildman–Crippen MR) is 69.9 cm³/mol. The van der Waals surface area contributed by atoms with Gasteiger partial charge in [0.2, 0.25) is 0 Å². The van der Waals surface area contributed by atoms with Gasteiger partial charge >= 0.3 is 0 Å². The van der Waals surface area contributed by atoms with Gasteiger partial charge in [-0.1, -0.05) is 0 Å². The van der Waals surface area contributed by atoms with E-state index in [0.717, 1.165) is 0 Å². The summed E-state index contributed by atoms with van der Waals surface area (Å²) < 4.78 is 28.1. The van der Waals surface area contributed by atoms with Gasteiger partial charge in [-0.25, -0.2) is 8.78 Å². The van der Waals surface area contributed by atoms with E-state index in [4.69, 9.17) is 5.73 Å². The van der Waals surface area contributed by atoms with Crippen LogP contribution in [0.15, 0.2) is 18.3 Å². The van der Waals surface area contributed by atoms with Gasteiger partial charge in [0.25, 0.3) is 5.91 Å². The highest BCUT2D eigenvalue weighted by atomic mass is 19.1. The van der Waals surface area contributed by atoms with Crippen LogP contribution in [-0.4, -0.2) is 15.7 Å². The molecule has 2 rings (SSSR count). The quantitative estimate of drug-likeness (QED) is 0.895. The van der Waals surface area contributed by atoms with Crippen molar-refractivity contribution in [3.63, 3.8) is 0 Å². The van der Waals surface area contributed by atoms with Crippen LogP contribution < -0.4 is 11.1 Å². The van der Waals surface area contributed by atoms with Crippen molar-refractivity contribution >= 4 is 11.7 Å². The van der Waals surface area contributed by atoms with E-state index in [2.05, 4.69) is 10.4 Å². The Kier molecular flexibility index (Phi) is 3.69. The van der Waals surface area contributed by atoms with Crippen molar-refractivity contribution in [1.82, 2.24) is 15.1 Å². The first-order valence-electron chi connectivity index (χ1n) is 5.90. The number of nitrogen functional groups attached to an aromatic ring is 1. The van der Waals surface area contributed by atoms with E-state index >= 15 is 0 Å². The predicted octanol–water partition coefficient (Wildman–Crippen LogP) is 1.52. The third kappa shape index (κ3) is 2.61. The smallest absolute Gasteiger partial charge is 0.254 e. The van der Waals surface area contributed by atoms with Crippen LogP contribution in [0.4, 0.5) is 14.6 Å². The molecule has 1 heterocycles. The molecule has 5 nitrogen and oxygen atoms in total. The van der Waals surface area contributed by atoms with E-state index in [1.807, 2.05) is 0 Å². The molecule has 0 radical (unpaired) electrons. The molecule has 0 saturated carbocycles. The first kappa shape index (κ1) is 14.0. The zero-order valence-electron chi connectivity index (χ0n) is 11.1. The summed E-state index contributed by atoms with van der Waals surface area (Å²) in [5.41, 5.74) is 6.36. The molecule has 2 aromatic rings. The van der Waals surface area contributed by atoms with Gasteiger partial charge < -0.3 is 11.1 Å². The minimum Gasteiger partial charge on any atom is -0.384 e. The Bertz CT molecular complexity index is 667. The molecule has 0 bridgehead atoms. The number of aryl methyl sites for hydroxylation is 2. The molecule has 1 amide bonds. The molecule has 106 valence electrons. The molecule has 0 aliphatic heterocycles. The molecule has 20 heavy (non-hydrogen) atoms. The number of hydrogen-bond acceptors (Lipinski definition) is 3. The van der Waals surface area contributed by atoms with Crippen molar-refractivity contribution < 1.29 is 13.6 Å². The fourth-order valence-corrected chi connectivity index (χ4v) is 1.73. The summed E-state index contributed by atoms with van der Waals surface area (Å²) in [6.45, 7) is 1.58. The highest BCUT2D eigenvalue weighted by Gasteiger charge is 2.15. The van der Waals surface area contributed by atoms with Crippen LogP contribution in [0.2, 0.25) is 0 Å². The van der Waals surface area contributed by atoms with Gasteiger partial charge in [-0.15, -0.1) is 0 Å². The summed E-state index contributed by atoms with van der Waals surface area (Å²) in [5.74, 6) is -1.80. The molecule has 0 saturated heterocycles. The zero-order chi connectivity index (χ0) is 14.9. The van der Waals surface area contributed by atoms with Gasteiger partial charge in [0.05, 0.1) is 11.8 Å². The lowest BCUT2D eigenvalue weighted by Crippen LogP contribution is -2.24. The normalized spacial score (nSPS) is 10.6. The summed E-state index contributed by atoms with van der Waals surface area (Å²) >= 11 is 0. The second kappa shape index (κ2) is 5.28. The lowest BCUT2D eigenvalue weighted by molar-refractivity contribution is 0.0947. The maximum absolute atomic E-state index is 13.5. The van der Waals surface area contributed by atoms with Crippen LogP contribution in [0.25, 0.3) is 0 Å². The number of nitrogens with zero attached hydrogens (tertiary/aromatic N) is 2. The number of hydrogen-bond donors (Lipinski definition) is 2. The molecule has 3 N–H and O–H groups in total. The molecule has 0 aliphatic carbocycles. The molecular weight excluding hydrogens is 266 g/mol. The number of nitrogens with one attached hydrogen (secondary N) is 1. The number of amides is 1. The maximum atomic E-state index is 13.5. The largest absolute Gasteiger partial charge is 0.384 e. The zero-order valence-corrected chi connectivity index (χ0v) is 11.1. The van der Waals surface area contributed by atoms with Crippen molar-refractivity contribution in [1.29, 1.82) is 0 Å². The molecule has 0 aliphatic rings.